The number of hydrogen-bond acceptors (Lipinski definition) is 4. The lowest BCUT2D eigenvalue weighted by Gasteiger charge is -2.02. The SMILES string of the molecule is Cc1cc(C)n(-c2n[nH]c(=S)n2/N=C/c2ccc(Br)cc2)n1. The molecule has 6 nitrogen and oxygen atoms in total. The van der Waals surface area contributed by atoms with Gasteiger partial charge in [-0.3, -0.25) is 0 Å². The lowest BCUT2D eigenvalue weighted by atomic mass is 10.2. The van der Waals surface area contributed by atoms with E-state index in [1.165, 1.54) is 0 Å². The molecule has 0 bridgehead atoms. The minimum atomic E-state index is 0.413. The summed E-state index contributed by atoms with van der Waals surface area (Å²) < 4.78 is 4.70. The van der Waals surface area contributed by atoms with Crippen molar-refractivity contribution in [3.05, 3.63) is 56.5 Å². The highest BCUT2D eigenvalue weighted by Crippen LogP contribution is 2.11. The van der Waals surface area contributed by atoms with E-state index in [0.717, 1.165) is 21.4 Å². The second kappa shape index (κ2) is 5.98. The van der Waals surface area contributed by atoms with E-state index in [4.69, 9.17) is 12.2 Å². The standard InChI is InChI=1S/C14H13BrN6S/c1-9-7-10(2)20(19-9)13-17-18-14(22)21(13)16-8-11-3-5-12(15)6-4-11/h3-8H,1-2H3,(H,18,22)/b16-8+. The lowest BCUT2D eigenvalue weighted by Crippen LogP contribution is -2.07. The number of H-pyrrole nitrogens is 1. The minimum absolute atomic E-state index is 0.413. The first-order chi connectivity index (χ1) is 10.5. The van der Waals surface area contributed by atoms with Crippen molar-refractivity contribution in [3.63, 3.8) is 0 Å². The summed E-state index contributed by atoms with van der Waals surface area (Å²) in [5.74, 6) is 0.531. The molecule has 0 amide bonds. The Balaban J connectivity index is 2.01. The molecule has 0 aliphatic heterocycles. The molecular formula is C14H13BrN6S. The van der Waals surface area contributed by atoms with Crippen molar-refractivity contribution in [2.75, 3.05) is 0 Å². The van der Waals surface area contributed by atoms with Gasteiger partial charge in [0, 0.05) is 10.2 Å². The van der Waals surface area contributed by atoms with Gasteiger partial charge in [-0.25, -0.2) is 9.78 Å². The van der Waals surface area contributed by atoms with E-state index >= 15 is 0 Å². The molecule has 0 aliphatic rings. The number of nitrogens with one attached hydrogen (secondary N) is 1. The Bertz CT molecular complexity index is 887. The summed E-state index contributed by atoms with van der Waals surface area (Å²) in [5, 5.41) is 15.8. The Kier molecular flexibility index (Phi) is 4.04. The summed E-state index contributed by atoms with van der Waals surface area (Å²) in [7, 11) is 0. The largest absolute Gasteiger partial charge is 0.271 e. The van der Waals surface area contributed by atoms with E-state index in [1.807, 2.05) is 44.2 Å². The number of aromatic amines is 1. The van der Waals surface area contributed by atoms with Gasteiger partial charge in [0.2, 0.25) is 4.77 Å². The van der Waals surface area contributed by atoms with Gasteiger partial charge in [0.05, 0.1) is 11.9 Å². The number of aryl methyl sites for hydroxylation is 2. The highest BCUT2D eigenvalue weighted by atomic mass is 79.9. The van der Waals surface area contributed by atoms with E-state index in [-0.39, 0.29) is 0 Å². The van der Waals surface area contributed by atoms with Gasteiger partial charge in [0.25, 0.3) is 5.95 Å². The Morgan fingerprint density at radius 1 is 1.27 bits per heavy atom. The van der Waals surface area contributed by atoms with E-state index < -0.39 is 0 Å². The molecule has 3 aromatic rings. The molecule has 0 aliphatic carbocycles. The molecule has 1 N–H and O–H groups in total. The van der Waals surface area contributed by atoms with Gasteiger partial charge in [-0.1, -0.05) is 28.1 Å². The predicted molar refractivity (Wildman–Crippen MR) is 91.1 cm³/mol. The molecule has 3 rings (SSSR count). The maximum absolute atomic E-state index is 5.24. The Hall–Kier alpha value is -2.06. The van der Waals surface area contributed by atoms with Crippen LogP contribution in [0.2, 0.25) is 0 Å². The van der Waals surface area contributed by atoms with Crippen LogP contribution in [-0.2, 0) is 0 Å². The van der Waals surface area contributed by atoms with Gasteiger partial charge < -0.3 is 0 Å². The van der Waals surface area contributed by atoms with E-state index in [0.29, 0.717) is 10.7 Å². The number of nitrogens with zero attached hydrogens (tertiary/aromatic N) is 5. The highest BCUT2D eigenvalue weighted by Gasteiger charge is 2.11. The second-order valence-corrected chi connectivity index (χ2v) is 6.08. The van der Waals surface area contributed by atoms with Crippen molar-refractivity contribution in [1.29, 1.82) is 0 Å². The van der Waals surface area contributed by atoms with Crippen molar-refractivity contribution in [1.82, 2.24) is 24.7 Å². The summed E-state index contributed by atoms with van der Waals surface area (Å²) in [6, 6.07) is 9.80. The second-order valence-electron chi connectivity index (χ2n) is 4.78. The van der Waals surface area contributed by atoms with E-state index in [2.05, 4.69) is 36.3 Å². The van der Waals surface area contributed by atoms with Crippen molar-refractivity contribution < 1.29 is 0 Å². The van der Waals surface area contributed by atoms with Crippen LogP contribution in [0.4, 0.5) is 0 Å². The summed E-state index contributed by atoms with van der Waals surface area (Å²) in [4.78, 5) is 0. The molecule has 0 unspecified atom stereocenters. The van der Waals surface area contributed by atoms with Crippen LogP contribution < -0.4 is 0 Å². The van der Waals surface area contributed by atoms with Crippen molar-refractivity contribution in [2.45, 2.75) is 13.8 Å². The fourth-order valence-corrected chi connectivity index (χ4v) is 2.47. The summed E-state index contributed by atoms with van der Waals surface area (Å²) in [6.07, 6.45) is 1.73. The number of benzene rings is 1. The number of hydrogen-bond donors (Lipinski definition) is 1. The first-order valence-electron chi connectivity index (χ1n) is 6.55. The van der Waals surface area contributed by atoms with Gasteiger partial charge in [-0.05, 0) is 49.8 Å². The molecule has 0 saturated carbocycles. The van der Waals surface area contributed by atoms with Gasteiger partial charge in [-0.2, -0.15) is 14.9 Å². The van der Waals surface area contributed by atoms with Crippen LogP contribution in [0, 0.1) is 18.6 Å². The first kappa shape index (κ1) is 14.9. The Morgan fingerprint density at radius 2 is 2.00 bits per heavy atom. The van der Waals surface area contributed by atoms with E-state index in [1.54, 1.807) is 15.6 Å². The lowest BCUT2D eigenvalue weighted by molar-refractivity contribution is 0.714. The number of rotatable bonds is 3. The van der Waals surface area contributed by atoms with Gasteiger partial charge in [0.15, 0.2) is 0 Å². The maximum atomic E-state index is 5.24. The molecule has 0 radical (unpaired) electrons. The third-order valence-electron chi connectivity index (χ3n) is 3.02. The zero-order valence-electron chi connectivity index (χ0n) is 12.0. The zero-order chi connectivity index (χ0) is 15.7. The quantitative estimate of drug-likeness (QED) is 0.562. The molecule has 112 valence electrons. The average Bonchev–Trinajstić information content (AvgIpc) is 3.00. The number of halogens is 1. The van der Waals surface area contributed by atoms with Crippen LogP contribution in [0.3, 0.4) is 0 Å². The molecule has 2 heterocycles. The molecule has 0 fully saturated rings. The molecule has 8 heteroatoms. The molecule has 0 atom stereocenters. The van der Waals surface area contributed by atoms with Crippen molar-refractivity contribution >= 4 is 34.4 Å². The van der Waals surface area contributed by atoms with Gasteiger partial charge in [-0.15, -0.1) is 5.10 Å². The van der Waals surface area contributed by atoms with Crippen LogP contribution in [-0.4, -0.2) is 30.9 Å². The Morgan fingerprint density at radius 3 is 2.64 bits per heavy atom. The number of aromatic nitrogens is 5. The molecule has 0 saturated heterocycles. The predicted octanol–water partition coefficient (Wildman–Crippen LogP) is 3.39. The summed E-state index contributed by atoms with van der Waals surface area (Å²) >= 11 is 8.65. The maximum Gasteiger partial charge on any atom is 0.271 e. The summed E-state index contributed by atoms with van der Waals surface area (Å²) in [6.45, 7) is 3.89. The van der Waals surface area contributed by atoms with Gasteiger partial charge >= 0.3 is 0 Å². The molecular weight excluding hydrogens is 364 g/mol. The average molecular weight is 377 g/mol. The van der Waals surface area contributed by atoms with Crippen LogP contribution in [0.1, 0.15) is 17.0 Å². The molecule has 2 aromatic heterocycles. The minimum Gasteiger partial charge on any atom is -0.248 e. The van der Waals surface area contributed by atoms with Crippen LogP contribution in [0.25, 0.3) is 5.95 Å². The topological polar surface area (TPSA) is 63.8 Å². The van der Waals surface area contributed by atoms with Crippen LogP contribution >= 0.6 is 28.1 Å². The fraction of sp³-hybridized carbons (Fsp3) is 0.143. The third-order valence-corrected chi connectivity index (χ3v) is 3.82. The van der Waals surface area contributed by atoms with Crippen molar-refractivity contribution in [2.24, 2.45) is 5.10 Å². The van der Waals surface area contributed by atoms with Gasteiger partial charge in [0.1, 0.15) is 0 Å². The molecule has 0 spiro atoms. The van der Waals surface area contributed by atoms with Crippen LogP contribution in [0.15, 0.2) is 39.9 Å². The third kappa shape index (κ3) is 2.93. The summed E-state index contributed by atoms with van der Waals surface area (Å²) in [5.41, 5.74) is 2.84. The Labute approximate surface area is 140 Å². The fourth-order valence-electron chi connectivity index (χ4n) is 2.03. The zero-order valence-corrected chi connectivity index (χ0v) is 14.4. The van der Waals surface area contributed by atoms with Crippen molar-refractivity contribution in [3.8, 4) is 5.95 Å². The molecule has 1 aromatic carbocycles. The first-order valence-corrected chi connectivity index (χ1v) is 7.76. The monoisotopic (exact) mass is 376 g/mol. The van der Waals surface area contributed by atoms with Crippen LogP contribution in [0.5, 0.6) is 0 Å². The normalized spacial score (nSPS) is 11.4. The molecule has 22 heavy (non-hydrogen) atoms. The van der Waals surface area contributed by atoms with E-state index in [9.17, 15) is 0 Å². The smallest absolute Gasteiger partial charge is 0.248 e. The highest BCUT2D eigenvalue weighted by molar-refractivity contribution is 9.10.